The maximum Gasteiger partial charge on any atom is 0.490 e. The van der Waals surface area contributed by atoms with Gasteiger partial charge in [0.15, 0.2) is 0 Å². The number of nitrogens with one attached hydrogen (secondary N) is 3. The molecule has 0 saturated heterocycles. The van der Waals surface area contributed by atoms with E-state index in [9.17, 15) is 32.7 Å². The number of rotatable bonds is 18. The van der Waals surface area contributed by atoms with Gasteiger partial charge in [0.1, 0.15) is 11.9 Å². The zero-order valence-corrected chi connectivity index (χ0v) is 31.6. The second kappa shape index (κ2) is 22.4. The molecule has 1 heterocycles. The van der Waals surface area contributed by atoms with Crippen molar-refractivity contribution in [3.05, 3.63) is 156 Å². The van der Waals surface area contributed by atoms with Crippen LogP contribution in [-0.4, -0.2) is 63.5 Å². The Balaban J connectivity index is 0.000000940. The minimum absolute atomic E-state index is 0.0809. The molecular formula is C43H43F3N4O6S. The van der Waals surface area contributed by atoms with Crippen molar-refractivity contribution in [1.29, 1.82) is 0 Å². The Kier molecular flexibility index (Phi) is 17.1. The van der Waals surface area contributed by atoms with E-state index >= 15 is 0 Å². The highest BCUT2D eigenvalue weighted by Gasteiger charge is 2.38. The summed E-state index contributed by atoms with van der Waals surface area (Å²) in [6, 6.07) is 41.5. The molecule has 0 aliphatic carbocycles. The Hall–Kier alpha value is -6.15. The van der Waals surface area contributed by atoms with Crippen LogP contribution >= 0.6 is 11.8 Å². The molecule has 57 heavy (non-hydrogen) atoms. The normalized spacial score (nSPS) is 12.0. The fourth-order valence-electron chi connectivity index (χ4n) is 5.61. The van der Waals surface area contributed by atoms with Gasteiger partial charge < -0.3 is 26.2 Å². The molecule has 0 radical (unpaired) electrons. The third kappa shape index (κ3) is 15.1. The molecule has 1 unspecified atom stereocenters. The number of aliphatic carboxylic acids is 2. The number of pyridine rings is 1. The number of carboxylic acid groups (broad SMARTS) is 2. The second-order valence-electron chi connectivity index (χ2n) is 12.7. The van der Waals surface area contributed by atoms with Crippen LogP contribution in [0.2, 0.25) is 0 Å². The van der Waals surface area contributed by atoms with E-state index in [4.69, 9.17) is 9.90 Å². The van der Waals surface area contributed by atoms with Gasteiger partial charge in [-0.2, -0.15) is 13.2 Å². The van der Waals surface area contributed by atoms with Crippen LogP contribution in [0.5, 0.6) is 0 Å². The topological polar surface area (TPSA) is 158 Å². The van der Waals surface area contributed by atoms with Crippen molar-refractivity contribution < 1.29 is 42.6 Å². The van der Waals surface area contributed by atoms with Crippen molar-refractivity contribution in [3.8, 4) is 11.1 Å². The monoisotopic (exact) mass is 800 g/mol. The zero-order chi connectivity index (χ0) is 41.0. The Morgan fingerprint density at radius 1 is 0.667 bits per heavy atom. The SMILES string of the molecule is O=C(O)C(F)(F)F.O=C(O)CC(NC(=O)[C@@H](CSC(c1ccccc1)c1ccccc1)NC(=O)CCCCNc1ccccn1)c1ccc(-c2ccccc2)cc1. The fraction of sp³-hybridized carbons (Fsp3) is 0.233. The number of halogens is 3. The predicted octanol–water partition coefficient (Wildman–Crippen LogP) is 8.30. The molecule has 5 aromatic rings. The van der Waals surface area contributed by atoms with Crippen LogP contribution < -0.4 is 16.0 Å². The van der Waals surface area contributed by atoms with Crippen LogP contribution in [0.3, 0.4) is 0 Å². The van der Waals surface area contributed by atoms with Gasteiger partial charge in [-0.05, 0) is 52.8 Å². The highest BCUT2D eigenvalue weighted by molar-refractivity contribution is 7.99. The number of benzene rings is 4. The maximum absolute atomic E-state index is 14.0. The molecular weight excluding hydrogens is 758 g/mol. The molecule has 5 rings (SSSR count). The van der Waals surface area contributed by atoms with Crippen LogP contribution in [-0.2, 0) is 19.2 Å². The van der Waals surface area contributed by atoms with Crippen molar-refractivity contribution in [2.75, 3.05) is 17.6 Å². The maximum atomic E-state index is 14.0. The van der Waals surface area contributed by atoms with Crippen molar-refractivity contribution in [3.63, 3.8) is 0 Å². The van der Waals surface area contributed by atoms with E-state index in [-0.39, 0.29) is 29.8 Å². The Labute approximate surface area is 332 Å². The molecule has 14 heteroatoms. The van der Waals surface area contributed by atoms with E-state index in [1.54, 1.807) is 18.0 Å². The number of carbonyl (C=O) groups is 4. The molecule has 5 N–H and O–H groups in total. The average molecular weight is 801 g/mol. The Morgan fingerprint density at radius 2 is 1.21 bits per heavy atom. The fourth-order valence-corrected chi connectivity index (χ4v) is 6.93. The summed E-state index contributed by atoms with van der Waals surface area (Å²) in [6.45, 7) is 0.666. The molecule has 0 spiro atoms. The van der Waals surface area contributed by atoms with E-state index in [1.807, 2.05) is 109 Å². The lowest BCUT2D eigenvalue weighted by Crippen LogP contribution is -2.49. The summed E-state index contributed by atoms with van der Waals surface area (Å²) in [7, 11) is 0. The predicted molar refractivity (Wildman–Crippen MR) is 214 cm³/mol. The lowest BCUT2D eigenvalue weighted by Gasteiger charge is -2.25. The molecule has 2 amide bonds. The first-order valence-electron chi connectivity index (χ1n) is 18.0. The molecule has 0 saturated carbocycles. The third-order valence-electron chi connectivity index (χ3n) is 8.45. The van der Waals surface area contributed by atoms with Crippen LogP contribution in [0.15, 0.2) is 140 Å². The van der Waals surface area contributed by atoms with E-state index in [0.717, 1.165) is 34.5 Å². The highest BCUT2D eigenvalue weighted by Crippen LogP contribution is 2.36. The molecule has 2 atom stereocenters. The first-order valence-corrected chi connectivity index (χ1v) is 19.1. The van der Waals surface area contributed by atoms with E-state index in [0.29, 0.717) is 18.5 Å². The molecule has 4 aromatic carbocycles. The third-order valence-corrected chi connectivity index (χ3v) is 9.85. The van der Waals surface area contributed by atoms with Gasteiger partial charge in [0.25, 0.3) is 0 Å². The minimum atomic E-state index is -5.08. The van der Waals surface area contributed by atoms with Crippen LogP contribution in [0.4, 0.5) is 19.0 Å². The molecule has 0 aliphatic rings. The number of amides is 2. The number of hydrogen-bond acceptors (Lipinski definition) is 7. The number of unbranched alkanes of at least 4 members (excludes halogenated alkanes) is 1. The van der Waals surface area contributed by atoms with Crippen LogP contribution in [0, 0.1) is 0 Å². The number of aromatic nitrogens is 1. The van der Waals surface area contributed by atoms with Gasteiger partial charge in [-0.15, -0.1) is 11.8 Å². The average Bonchev–Trinajstić information content (AvgIpc) is 3.21. The number of hydrogen-bond donors (Lipinski definition) is 5. The van der Waals surface area contributed by atoms with Gasteiger partial charge in [-0.3, -0.25) is 14.4 Å². The quantitative estimate of drug-likeness (QED) is 0.0550. The smallest absolute Gasteiger partial charge is 0.481 e. The summed E-state index contributed by atoms with van der Waals surface area (Å²) in [5, 5.41) is 26.0. The number of nitrogens with zero attached hydrogens (tertiary/aromatic N) is 1. The van der Waals surface area contributed by atoms with Crippen LogP contribution in [0.25, 0.3) is 11.1 Å². The summed E-state index contributed by atoms with van der Waals surface area (Å²) in [4.78, 5) is 52.4. The van der Waals surface area contributed by atoms with Crippen molar-refractivity contribution in [2.24, 2.45) is 0 Å². The minimum Gasteiger partial charge on any atom is -0.481 e. The largest absolute Gasteiger partial charge is 0.490 e. The standard InChI is InChI=1S/C41H42N4O4S.C2HF3O2/c46-38(21-11-13-27-43-37-20-10-12-26-42-37)44-36(29-50-40(33-16-6-2-7-17-33)34-18-8-3-9-19-34)41(49)45-35(28-39(47)48)32-24-22-31(23-25-32)30-14-4-1-5-15-30;3-2(4,5)1(6)7/h1-10,12,14-20,22-26,35-36,40H,11,13,21,27-29H2,(H,42,43)(H,44,46)(H,45,49)(H,47,48);(H,6,7)/t35?,36-;/m1./s1. The summed E-state index contributed by atoms with van der Waals surface area (Å²) in [5.41, 5.74) is 4.86. The highest BCUT2D eigenvalue weighted by atomic mass is 32.2. The number of alkyl halides is 3. The van der Waals surface area contributed by atoms with Crippen molar-refractivity contribution >= 4 is 41.3 Å². The number of thioether (sulfide) groups is 1. The summed E-state index contributed by atoms with van der Waals surface area (Å²) in [5.74, 6) is -3.40. The van der Waals surface area contributed by atoms with Gasteiger partial charge in [0.05, 0.1) is 17.7 Å². The number of anilines is 1. The molecule has 1 aromatic heterocycles. The lowest BCUT2D eigenvalue weighted by molar-refractivity contribution is -0.192. The molecule has 0 fully saturated rings. The van der Waals surface area contributed by atoms with Crippen molar-refractivity contribution in [1.82, 2.24) is 15.6 Å². The van der Waals surface area contributed by atoms with E-state index < -0.39 is 36.1 Å². The second-order valence-corrected chi connectivity index (χ2v) is 13.8. The molecule has 298 valence electrons. The summed E-state index contributed by atoms with van der Waals surface area (Å²) < 4.78 is 31.7. The van der Waals surface area contributed by atoms with Gasteiger partial charge in [-0.1, -0.05) is 121 Å². The van der Waals surface area contributed by atoms with Crippen molar-refractivity contribution in [2.45, 2.75) is 49.2 Å². The van der Waals surface area contributed by atoms with Crippen LogP contribution in [0.1, 0.15) is 53.7 Å². The van der Waals surface area contributed by atoms with E-state index in [1.165, 1.54) is 0 Å². The van der Waals surface area contributed by atoms with Gasteiger partial charge in [0, 0.05) is 24.9 Å². The number of carboxylic acids is 2. The Morgan fingerprint density at radius 3 is 1.74 bits per heavy atom. The zero-order valence-electron chi connectivity index (χ0n) is 30.8. The summed E-state index contributed by atoms with van der Waals surface area (Å²) >= 11 is 1.56. The number of carbonyl (C=O) groups excluding carboxylic acids is 2. The lowest BCUT2D eigenvalue weighted by atomic mass is 9.99. The first-order chi connectivity index (χ1) is 27.4. The Bertz CT molecular complexity index is 1950. The molecule has 0 bridgehead atoms. The molecule has 10 nitrogen and oxygen atoms in total. The van der Waals surface area contributed by atoms with Gasteiger partial charge in [0.2, 0.25) is 11.8 Å². The summed E-state index contributed by atoms with van der Waals surface area (Å²) in [6.07, 6.45) is -2.04. The van der Waals surface area contributed by atoms with Gasteiger partial charge in [-0.25, -0.2) is 9.78 Å². The molecule has 0 aliphatic heterocycles. The van der Waals surface area contributed by atoms with E-state index in [2.05, 4.69) is 45.2 Å². The van der Waals surface area contributed by atoms with Gasteiger partial charge >= 0.3 is 18.1 Å². The first kappa shape index (κ1) is 43.6.